The van der Waals surface area contributed by atoms with Gasteiger partial charge in [-0.1, -0.05) is 46.0 Å². The first-order chi connectivity index (χ1) is 13.1. The Hall–Kier alpha value is -2.48. The van der Waals surface area contributed by atoms with Gasteiger partial charge in [0.05, 0.1) is 7.11 Å². The minimum absolute atomic E-state index is 0.0575. The van der Waals surface area contributed by atoms with E-state index in [1.807, 2.05) is 58.9 Å². The predicted molar refractivity (Wildman–Crippen MR) is 111 cm³/mol. The van der Waals surface area contributed by atoms with Crippen LogP contribution >= 0.6 is 11.3 Å². The third-order valence-corrected chi connectivity index (χ3v) is 4.84. The molecule has 0 saturated heterocycles. The Morgan fingerprint density at radius 2 is 1.79 bits per heavy atom. The lowest BCUT2D eigenvalue weighted by atomic mass is 9.91. The van der Waals surface area contributed by atoms with Crippen LogP contribution in [0.5, 0.6) is 5.75 Å². The molecule has 28 heavy (non-hydrogen) atoms. The molecule has 0 fully saturated rings. The van der Waals surface area contributed by atoms with Crippen molar-refractivity contribution in [3.8, 4) is 16.3 Å². The SMILES string of the molecule is COc1ccc(-c2nnc(NC(=O)[C@@H](NC(=O)CC(C)(C)C)C(C)C)s2)cc1. The number of hydrogen-bond acceptors (Lipinski definition) is 6. The molecule has 2 rings (SSSR count). The molecule has 0 radical (unpaired) electrons. The van der Waals surface area contributed by atoms with Gasteiger partial charge in [0, 0.05) is 12.0 Å². The van der Waals surface area contributed by atoms with Crippen LogP contribution in [0.15, 0.2) is 24.3 Å². The fraction of sp³-hybridized carbons (Fsp3) is 0.500. The Labute approximate surface area is 169 Å². The van der Waals surface area contributed by atoms with E-state index < -0.39 is 6.04 Å². The topological polar surface area (TPSA) is 93.2 Å². The highest BCUT2D eigenvalue weighted by molar-refractivity contribution is 7.18. The Bertz CT molecular complexity index is 810. The number of hydrogen-bond donors (Lipinski definition) is 2. The number of carbonyl (C=O) groups excluding carboxylic acids is 2. The van der Waals surface area contributed by atoms with Crippen molar-refractivity contribution in [1.29, 1.82) is 0 Å². The highest BCUT2D eigenvalue weighted by Gasteiger charge is 2.27. The standard InChI is InChI=1S/C20H28N4O3S/c1-12(2)16(21-15(25)11-20(3,4)5)17(26)22-19-24-23-18(28-19)13-7-9-14(27-6)10-8-13/h7-10,12,16H,11H2,1-6H3,(H,21,25)(H,22,24,26)/t16-/m0/s1. The Morgan fingerprint density at radius 1 is 1.14 bits per heavy atom. The number of carbonyl (C=O) groups is 2. The van der Waals surface area contributed by atoms with Crippen molar-refractivity contribution in [2.24, 2.45) is 11.3 Å². The van der Waals surface area contributed by atoms with Crippen LogP contribution in [-0.4, -0.2) is 35.2 Å². The van der Waals surface area contributed by atoms with E-state index in [2.05, 4.69) is 20.8 Å². The van der Waals surface area contributed by atoms with E-state index in [1.54, 1.807) is 7.11 Å². The third-order valence-electron chi connectivity index (χ3n) is 3.95. The summed E-state index contributed by atoms with van der Waals surface area (Å²) in [6, 6.07) is 6.81. The van der Waals surface area contributed by atoms with Gasteiger partial charge in [0.1, 0.15) is 16.8 Å². The molecule has 2 aromatic rings. The number of ether oxygens (including phenoxy) is 1. The Morgan fingerprint density at radius 3 is 2.32 bits per heavy atom. The van der Waals surface area contributed by atoms with E-state index in [-0.39, 0.29) is 23.1 Å². The average molecular weight is 405 g/mol. The van der Waals surface area contributed by atoms with Crippen molar-refractivity contribution in [2.75, 3.05) is 12.4 Å². The molecule has 1 atom stereocenters. The molecule has 2 amide bonds. The van der Waals surface area contributed by atoms with Crippen molar-refractivity contribution in [3.63, 3.8) is 0 Å². The molecule has 0 spiro atoms. The minimum atomic E-state index is -0.636. The van der Waals surface area contributed by atoms with Crippen LogP contribution < -0.4 is 15.4 Å². The van der Waals surface area contributed by atoms with Crippen molar-refractivity contribution in [1.82, 2.24) is 15.5 Å². The van der Waals surface area contributed by atoms with Gasteiger partial charge in [-0.25, -0.2) is 0 Å². The summed E-state index contributed by atoms with van der Waals surface area (Å²) in [6.07, 6.45) is 0.351. The van der Waals surface area contributed by atoms with Crippen LogP contribution in [0.4, 0.5) is 5.13 Å². The number of aromatic nitrogens is 2. The fourth-order valence-electron chi connectivity index (χ4n) is 2.55. The predicted octanol–water partition coefficient (Wildman–Crippen LogP) is 3.73. The average Bonchev–Trinajstić information content (AvgIpc) is 3.06. The van der Waals surface area contributed by atoms with E-state index in [4.69, 9.17) is 4.74 Å². The molecular formula is C20H28N4O3S. The number of benzene rings is 1. The van der Waals surface area contributed by atoms with Crippen LogP contribution in [0.25, 0.3) is 10.6 Å². The molecule has 0 bridgehead atoms. The quantitative estimate of drug-likeness (QED) is 0.733. The molecule has 152 valence electrons. The molecule has 1 aromatic heterocycles. The van der Waals surface area contributed by atoms with Gasteiger partial charge in [0.2, 0.25) is 16.9 Å². The van der Waals surface area contributed by atoms with Gasteiger partial charge in [-0.2, -0.15) is 0 Å². The van der Waals surface area contributed by atoms with Gasteiger partial charge < -0.3 is 10.1 Å². The van der Waals surface area contributed by atoms with Crippen molar-refractivity contribution < 1.29 is 14.3 Å². The van der Waals surface area contributed by atoms with E-state index in [1.165, 1.54) is 11.3 Å². The third kappa shape index (κ3) is 6.30. The zero-order valence-electron chi connectivity index (χ0n) is 17.2. The summed E-state index contributed by atoms with van der Waals surface area (Å²) in [4.78, 5) is 24.9. The number of anilines is 1. The minimum Gasteiger partial charge on any atom is -0.497 e. The smallest absolute Gasteiger partial charge is 0.249 e. The van der Waals surface area contributed by atoms with Gasteiger partial charge >= 0.3 is 0 Å². The molecule has 7 nitrogen and oxygen atoms in total. The molecule has 0 unspecified atom stereocenters. The summed E-state index contributed by atoms with van der Waals surface area (Å²) in [5, 5.41) is 14.9. The second-order valence-corrected chi connectivity index (χ2v) is 9.13. The summed E-state index contributed by atoms with van der Waals surface area (Å²) < 4.78 is 5.15. The van der Waals surface area contributed by atoms with Gasteiger partial charge in [-0.05, 0) is 35.6 Å². The summed E-state index contributed by atoms with van der Waals surface area (Å²) >= 11 is 1.28. The van der Waals surface area contributed by atoms with Crippen LogP contribution in [-0.2, 0) is 9.59 Å². The van der Waals surface area contributed by atoms with Crippen molar-refractivity contribution in [2.45, 2.75) is 47.1 Å². The lowest BCUT2D eigenvalue weighted by Gasteiger charge is -2.24. The zero-order chi connectivity index (χ0) is 20.9. The molecule has 0 aliphatic heterocycles. The first kappa shape index (κ1) is 21.8. The summed E-state index contributed by atoms with van der Waals surface area (Å²) in [6.45, 7) is 9.74. The Kier molecular flexibility index (Phi) is 7.12. The van der Waals surface area contributed by atoms with Crippen molar-refractivity contribution in [3.05, 3.63) is 24.3 Å². The Balaban J connectivity index is 2.05. The van der Waals surface area contributed by atoms with Crippen LogP contribution in [0, 0.1) is 11.3 Å². The highest BCUT2D eigenvalue weighted by Crippen LogP contribution is 2.28. The summed E-state index contributed by atoms with van der Waals surface area (Å²) in [7, 11) is 1.61. The molecular weight excluding hydrogens is 376 g/mol. The first-order valence-electron chi connectivity index (χ1n) is 9.17. The van der Waals surface area contributed by atoms with Crippen LogP contribution in [0.3, 0.4) is 0 Å². The second-order valence-electron chi connectivity index (χ2n) is 8.16. The van der Waals surface area contributed by atoms with Crippen LogP contribution in [0.1, 0.15) is 41.0 Å². The molecule has 0 aliphatic rings. The second kappa shape index (κ2) is 9.14. The first-order valence-corrected chi connectivity index (χ1v) is 9.99. The fourth-order valence-corrected chi connectivity index (χ4v) is 3.30. The normalized spacial score (nSPS) is 12.5. The monoisotopic (exact) mass is 404 g/mol. The van der Waals surface area contributed by atoms with Crippen LogP contribution in [0.2, 0.25) is 0 Å². The van der Waals surface area contributed by atoms with E-state index in [0.717, 1.165) is 11.3 Å². The van der Waals surface area contributed by atoms with Gasteiger partial charge in [0.25, 0.3) is 0 Å². The van der Waals surface area contributed by atoms with Gasteiger partial charge in [-0.3, -0.25) is 14.9 Å². The number of amides is 2. The lowest BCUT2D eigenvalue weighted by molar-refractivity contribution is -0.128. The molecule has 1 heterocycles. The number of methoxy groups -OCH3 is 1. The molecule has 2 N–H and O–H groups in total. The number of nitrogens with one attached hydrogen (secondary N) is 2. The maximum absolute atomic E-state index is 12.7. The molecule has 8 heteroatoms. The van der Waals surface area contributed by atoms with Gasteiger partial charge in [0.15, 0.2) is 0 Å². The highest BCUT2D eigenvalue weighted by atomic mass is 32.1. The van der Waals surface area contributed by atoms with E-state index >= 15 is 0 Å². The molecule has 0 saturated carbocycles. The zero-order valence-corrected chi connectivity index (χ0v) is 18.0. The maximum atomic E-state index is 12.7. The molecule has 0 aliphatic carbocycles. The van der Waals surface area contributed by atoms with Gasteiger partial charge in [-0.15, -0.1) is 10.2 Å². The van der Waals surface area contributed by atoms with Crippen molar-refractivity contribution >= 4 is 28.3 Å². The maximum Gasteiger partial charge on any atom is 0.249 e. The number of rotatable bonds is 7. The number of nitrogens with zero attached hydrogens (tertiary/aromatic N) is 2. The van der Waals surface area contributed by atoms with E-state index in [9.17, 15) is 9.59 Å². The largest absolute Gasteiger partial charge is 0.497 e. The summed E-state index contributed by atoms with van der Waals surface area (Å²) in [5.41, 5.74) is 0.742. The molecule has 1 aromatic carbocycles. The van der Waals surface area contributed by atoms with E-state index in [0.29, 0.717) is 16.6 Å². The summed E-state index contributed by atoms with van der Waals surface area (Å²) in [5.74, 6) is 0.262. The lowest BCUT2D eigenvalue weighted by Crippen LogP contribution is -2.47.